The van der Waals surface area contributed by atoms with Crippen LogP contribution in [0.5, 0.6) is 0 Å². The molecule has 1 aromatic rings. The molecule has 0 N–H and O–H groups in total. The topological polar surface area (TPSA) is 12.5 Å². The molecule has 0 unspecified atom stereocenters. The fourth-order valence-electron chi connectivity index (χ4n) is 2.68. The highest BCUT2D eigenvalue weighted by Gasteiger charge is 2.39. The smallest absolute Gasteiger partial charge is 0.0594 e. The summed E-state index contributed by atoms with van der Waals surface area (Å²) in [5.74, 6) is 1.67. The van der Waals surface area contributed by atoms with E-state index in [9.17, 15) is 0 Å². The van der Waals surface area contributed by atoms with Crippen LogP contribution in [0, 0.1) is 5.92 Å². The number of morpholine rings is 1. The molecule has 2 nitrogen and oxygen atoms in total. The molecule has 0 spiro atoms. The normalized spacial score (nSPS) is 29.2. The van der Waals surface area contributed by atoms with Crippen LogP contribution in [0.15, 0.2) is 28.7 Å². The van der Waals surface area contributed by atoms with E-state index >= 15 is 0 Å². The average Bonchev–Trinajstić information content (AvgIpc) is 3.11. The van der Waals surface area contributed by atoms with Crippen molar-refractivity contribution in [1.82, 2.24) is 4.90 Å². The minimum atomic E-state index is 0.797. The Morgan fingerprint density at radius 2 is 1.88 bits per heavy atom. The molecule has 17 heavy (non-hydrogen) atoms. The molecule has 3 rings (SSSR count). The van der Waals surface area contributed by atoms with E-state index < -0.39 is 0 Å². The highest BCUT2D eigenvalue weighted by molar-refractivity contribution is 9.10. The maximum Gasteiger partial charge on any atom is 0.0594 e. The van der Waals surface area contributed by atoms with E-state index in [0.717, 1.165) is 38.1 Å². The Hall–Kier alpha value is -0.380. The summed E-state index contributed by atoms with van der Waals surface area (Å²) in [6.45, 7) is 5.31. The molecule has 3 heteroatoms. The fourth-order valence-corrected chi connectivity index (χ4v) is 2.95. The van der Waals surface area contributed by atoms with Gasteiger partial charge < -0.3 is 4.74 Å². The Bertz CT molecular complexity index is 372. The third kappa shape index (κ3) is 2.90. The first-order valence-electron chi connectivity index (χ1n) is 6.38. The minimum absolute atomic E-state index is 0.797. The minimum Gasteiger partial charge on any atom is -0.379 e. The summed E-state index contributed by atoms with van der Waals surface area (Å²) in [6, 6.07) is 8.82. The van der Waals surface area contributed by atoms with Gasteiger partial charge in [-0.15, -0.1) is 0 Å². The molecule has 1 saturated carbocycles. The summed E-state index contributed by atoms with van der Waals surface area (Å²) in [5.41, 5.74) is 1.51. The fraction of sp³-hybridized carbons (Fsp3) is 0.571. The monoisotopic (exact) mass is 295 g/mol. The van der Waals surface area contributed by atoms with Crippen molar-refractivity contribution in [2.24, 2.45) is 5.92 Å². The van der Waals surface area contributed by atoms with Crippen LogP contribution in [0.25, 0.3) is 0 Å². The lowest BCUT2D eigenvalue weighted by Gasteiger charge is -2.26. The molecule has 1 aliphatic heterocycles. The van der Waals surface area contributed by atoms with Crippen molar-refractivity contribution in [2.75, 3.05) is 32.8 Å². The molecule has 2 atom stereocenters. The van der Waals surface area contributed by atoms with Crippen molar-refractivity contribution in [3.05, 3.63) is 34.3 Å². The summed E-state index contributed by atoms with van der Waals surface area (Å²) in [5, 5.41) is 0. The van der Waals surface area contributed by atoms with Crippen LogP contribution in [0.3, 0.4) is 0 Å². The van der Waals surface area contributed by atoms with E-state index in [-0.39, 0.29) is 0 Å². The zero-order valence-corrected chi connectivity index (χ0v) is 11.5. The van der Waals surface area contributed by atoms with Crippen molar-refractivity contribution < 1.29 is 4.74 Å². The zero-order chi connectivity index (χ0) is 11.7. The first-order chi connectivity index (χ1) is 8.33. The van der Waals surface area contributed by atoms with E-state index in [2.05, 4.69) is 45.1 Å². The van der Waals surface area contributed by atoms with Crippen LogP contribution in [0.4, 0.5) is 0 Å². The summed E-state index contributed by atoms with van der Waals surface area (Å²) in [7, 11) is 0. The van der Waals surface area contributed by atoms with Crippen LogP contribution in [0.1, 0.15) is 17.9 Å². The van der Waals surface area contributed by atoms with E-state index in [1.807, 2.05) is 0 Å². The maximum absolute atomic E-state index is 5.38. The van der Waals surface area contributed by atoms with Crippen LogP contribution in [0.2, 0.25) is 0 Å². The predicted molar refractivity (Wildman–Crippen MR) is 72.2 cm³/mol. The highest BCUT2D eigenvalue weighted by Crippen LogP contribution is 2.47. The van der Waals surface area contributed by atoms with Gasteiger partial charge >= 0.3 is 0 Å². The SMILES string of the molecule is Brc1ccc([C@H]2C[C@@H]2CN2CCOCC2)cc1. The summed E-state index contributed by atoms with van der Waals surface area (Å²) >= 11 is 3.49. The number of halogens is 1. The molecule has 92 valence electrons. The van der Waals surface area contributed by atoms with Gasteiger partial charge in [0.2, 0.25) is 0 Å². The van der Waals surface area contributed by atoms with Gasteiger partial charge in [-0.2, -0.15) is 0 Å². The van der Waals surface area contributed by atoms with Gasteiger partial charge in [0.25, 0.3) is 0 Å². The second kappa shape index (κ2) is 5.09. The van der Waals surface area contributed by atoms with Gasteiger partial charge in [0.05, 0.1) is 13.2 Å². The number of rotatable bonds is 3. The Kier molecular flexibility index (Phi) is 3.50. The van der Waals surface area contributed by atoms with Crippen molar-refractivity contribution >= 4 is 15.9 Å². The first kappa shape index (κ1) is 11.7. The number of ether oxygens (including phenoxy) is 1. The van der Waals surface area contributed by atoms with Gasteiger partial charge in [0, 0.05) is 24.1 Å². The van der Waals surface area contributed by atoms with Crippen LogP contribution in [-0.4, -0.2) is 37.7 Å². The molecule has 0 bridgehead atoms. The van der Waals surface area contributed by atoms with Crippen molar-refractivity contribution in [3.63, 3.8) is 0 Å². The Morgan fingerprint density at radius 1 is 1.18 bits per heavy atom. The molecule has 0 radical (unpaired) electrons. The number of hydrogen-bond acceptors (Lipinski definition) is 2. The second-order valence-corrected chi connectivity index (χ2v) is 5.98. The Labute approximate surface area is 111 Å². The van der Waals surface area contributed by atoms with E-state index in [0.29, 0.717) is 0 Å². The highest BCUT2D eigenvalue weighted by atomic mass is 79.9. The molecule has 1 aromatic carbocycles. The maximum atomic E-state index is 5.38. The van der Waals surface area contributed by atoms with E-state index in [4.69, 9.17) is 4.74 Å². The number of benzene rings is 1. The van der Waals surface area contributed by atoms with Crippen molar-refractivity contribution in [2.45, 2.75) is 12.3 Å². The lowest BCUT2D eigenvalue weighted by Crippen LogP contribution is -2.37. The van der Waals surface area contributed by atoms with Crippen molar-refractivity contribution in [3.8, 4) is 0 Å². The van der Waals surface area contributed by atoms with Crippen LogP contribution < -0.4 is 0 Å². The summed E-state index contributed by atoms with van der Waals surface area (Å²) in [6.07, 6.45) is 1.36. The van der Waals surface area contributed by atoms with Gasteiger partial charge in [-0.25, -0.2) is 0 Å². The predicted octanol–water partition coefficient (Wildman–Crippen LogP) is 2.88. The van der Waals surface area contributed by atoms with Gasteiger partial charge in [-0.05, 0) is 36.0 Å². The van der Waals surface area contributed by atoms with Crippen LogP contribution in [-0.2, 0) is 4.74 Å². The average molecular weight is 296 g/mol. The van der Waals surface area contributed by atoms with E-state index in [1.165, 1.54) is 23.0 Å². The van der Waals surface area contributed by atoms with Crippen LogP contribution >= 0.6 is 15.9 Å². The second-order valence-electron chi connectivity index (χ2n) is 5.07. The third-order valence-electron chi connectivity index (χ3n) is 3.82. The van der Waals surface area contributed by atoms with Crippen molar-refractivity contribution in [1.29, 1.82) is 0 Å². The third-order valence-corrected chi connectivity index (χ3v) is 4.35. The van der Waals surface area contributed by atoms with Gasteiger partial charge in [-0.3, -0.25) is 4.90 Å². The van der Waals surface area contributed by atoms with Gasteiger partial charge in [0.15, 0.2) is 0 Å². The molecular formula is C14H18BrNO. The molecule has 1 saturated heterocycles. The Morgan fingerprint density at radius 3 is 2.59 bits per heavy atom. The molecule has 0 amide bonds. The van der Waals surface area contributed by atoms with E-state index in [1.54, 1.807) is 0 Å². The Balaban J connectivity index is 1.53. The lowest BCUT2D eigenvalue weighted by molar-refractivity contribution is 0.0355. The largest absolute Gasteiger partial charge is 0.379 e. The van der Waals surface area contributed by atoms with Gasteiger partial charge in [-0.1, -0.05) is 28.1 Å². The summed E-state index contributed by atoms with van der Waals surface area (Å²) < 4.78 is 6.55. The molecule has 1 heterocycles. The standard InChI is InChI=1S/C14H18BrNO/c15-13-3-1-11(2-4-13)14-9-12(14)10-16-5-7-17-8-6-16/h1-4,12,14H,5-10H2/t12-,14-/m1/s1. The lowest BCUT2D eigenvalue weighted by atomic mass is 10.1. The molecule has 0 aromatic heterocycles. The molecule has 1 aliphatic carbocycles. The molecular weight excluding hydrogens is 278 g/mol. The zero-order valence-electron chi connectivity index (χ0n) is 9.94. The summed E-state index contributed by atoms with van der Waals surface area (Å²) in [4.78, 5) is 2.55. The first-order valence-corrected chi connectivity index (χ1v) is 7.18. The number of hydrogen-bond donors (Lipinski definition) is 0. The molecule has 2 fully saturated rings. The number of nitrogens with zero attached hydrogens (tertiary/aromatic N) is 1. The van der Waals surface area contributed by atoms with Gasteiger partial charge in [0.1, 0.15) is 0 Å². The molecule has 2 aliphatic rings. The quantitative estimate of drug-likeness (QED) is 0.850.